The molecule has 1 aliphatic heterocycles. The topological polar surface area (TPSA) is 23.5 Å². The van der Waals surface area contributed by atoms with Gasteiger partial charge in [0.1, 0.15) is 12.3 Å². The van der Waals surface area contributed by atoms with Gasteiger partial charge in [-0.3, -0.25) is 0 Å². The summed E-state index contributed by atoms with van der Waals surface area (Å²) in [5, 5.41) is 9.61. The zero-order valence-electron chi connectivity index (χ0n) is 7.02. The fourth-order valence-electron chi connectivity index (χ4n) is 1.61. The lowest BCUT2D eigenvalue weighted by atomic mass is 10.00. The van der Waals surface area contributed by atoms with Crippen LogP contribution >= 0.6 is 0 Å². The maximum absolute atomic E-state index is 12.3. The monoisotopic (exact) mass is 161 g/mol. The average Bonchev–Trinajstić information content (AvgIpc) is 2.13. The van der Waals surface area contributed by atoms with E-state index in [0.717, 1.165) is 19.4 Å². The molecular formula is C8H16FNO. The second-order valence-electron chi connectivity index (χ2n) is 3.55. The molecule has 0 amide bonds. The van der Waals surface area contributed by atoms with Gasteiger partial charge in [0.05, 0.1) is 0 Å². The second-order valence-corrected chi connectivity index (χ2v) is 3.55. The van der Waals surface area contributed by atoms with Crippen LogP contribution in [-0.4, -0.2) is 42.4 Å². The Morgan fingerprint density at radius 1 is 1.55 bits per heavy atom. The first-order valence-electron chi connectivity index (χ1n) is 4.13. The Morgan fingerprint density at radius 3 is 2.91 bits per heavy atom. The Bertz CT molecular complexity index is 131. The van der Waals surface area contributed by atoms with Crippen LogP contribution in [0.3, 0.4) is 0 Å². The second kappa shape index (κ2) is 3.50. The summed E-state index contributed by atoms with van der Waals surface area (Å²) in [6, 6.07) is 0. The average molecular weight is 161 g/mol. The highest BCUT2D eigenvalue weighted by Crippen LogP contribution is 2.20. The fourth-order valence-corrected chi connectivity index (χ4v) is 1.61. The number of rotatable bonds is 1. The van der Waals surface area contributed by atoms with Crippen LogP contribution in [0.15, 0.2) is 0 Å². The van der Waals surface area contributed by atoms with Crippen LogP contribution in [0, 0.1) is 0 Å². The third-order valence-electron chi connectivity index (χ3n) is 2.24. The molecule has 1 rings (SSSR count). The van der Waals surface area contributed by atoms with Gasteiger partial charge in [-0.05, 0) is 32.9 Å². The molecule has 1 N–H and O–H groups in total. The van der Waals surface area contributed by atoms with Crippen LogP contribution in [0.2, 0.25) is 0 Å². The molecule has 0 bridgehead atoms. The number of alkyl halides is 1. The van der Waals surface area contributed by atoms with E-state index in [0.29, 0.717) is 13.0 Å². The van der Waals surface area contributed by atoms with Crippen molar-refractivity contribution in [2.45, 2.75) is 24.9 Å². The molecule has 1 saturated heterocycles. The molecule has 1 aliphatic rings. The Morgan fingerprint density at radius 2 is 2.27 bits per heavy atom. The molecule has 11 heavy (non-hydrogen) atoms. The Labute approximate surface area is 67.0 Å². The molecule has 2 nitrogen and oxygen atoms in total. The van der Waals surface area contributed by atoms with Gasteiger partial charge < -0.3 is 10.0 Å². The van der Waals surface area contributed by atoms with E-state index >= 15 is 0 Å². The van der Waals surface area contributed by atoms with E-state index < -0.39 is 12.3 Å². The minimum Gasteiger partial charge on any atom is -0.386 e. The number of β-amino-alcohol motifs (C(OH)–C–C–N with tert-alkyl or cyclic N) is 1. The quantitative estimate of drug-likeness (QED) is 0.615. The minimum absolute atomic E-state index is 0.476. The molecule has 0 aromatic heterocycles. The number of hydrogen-bond acceptors (Lipinski definition) is 2. The molecule has 1 unspecified atom stereocenters. The van der Waals surface area contributed by atoms with Crippen LogP contribution < -0.4 is 0 Å². The Kier molecular flexibility index (Phi) is 2.84. The van der Waals surface area contributed by atoms with Gasteiger partial charge in [0.25, 0.3) is 0 Å². The summed E-state index contributed by atoms with van der Waals surface area (Å²) in [7, 11) is 1.92. The molecule has 0 aromatic carbocycles. The molecule has 1 atom stereocenters. The van der Waals surface area contributed by atoms with Gasteiger partial charge >= 0.3 is 0 Å². The normalized spacial score (nSPS) is 35.2. The number of aliphatic hydroxyl groups is 1. The predicted octanol–water partition coefficient (Wildman–Crippen LogP) is 0.803. The van der Waals surface area contributed by atoms with E-state index in [-0.39, 0.29) is 0 Å². The van der Waals surface area contributed by atoms with Crippen LogP contribution in [0.5, 0.6) is 0 Å². The molecule has 3 heteroatoms. The van der Waals surface area contributed by atoms with Crippen molar-refractivity contribution in [2.24, 2.45) is 0 Å². The zero-order valence-corrected chi connectivity index (χ0v) is 7.02. The van der Waals surface area contributed by atoms with Gasteiger partial charge in [0.15, 0.2) is 0 Å². The highest BCUT2D eigenvalue weighted by Gasteiger charge is 2.29. The lowest BCUT2D eigenvalue weighted by molar-refractivity contribution is -0.00892. The van der Waals surface area contributed by atoms with Gasteiger partial charge in [-0.15, -0.1) is 0 Å². The van der Waals surface area contributed by atoms with Crippen LogP contribution in [0.1, 0.15) is 19.3 Å². The van der Waals surface area contributed by atoms with E-state index in [9.17, 15) is 9.50 Å². The van der Waals surface area contributed by atoms with E-state index in [1.54, 1.807) is 0 Å². The van der Waals surface area contributed by atoms with Gasteiger partial charge in [0.2, 0.25) is 0 Å². The lowest BCUT2D eigenvalue weighted by Crippen LogP contribution is -2.41. The smallest absolute Gasteiger partial charge is 0.119 e. The van der Waals surface area contributed by atoms with Gasteiger partial charge in [0, 0.05) is 6.54 Å². The molecule has 1 heterocycles. The number of halogens is 1. The van der Waals surface area contributed by atoms with Crippen molar-refractivity contribution < 1.29 is 9.50 Å². The van der Waals surface area contributed by atoms with Crippen molar-refractivity contribution >= 4 is 0 Å². The third kappa shape index (κ3) is 2.42. The van der Waals surface area contributed by atoms with Crippen LogP contribution in [0.25, 0.3) is 0 Å². The molecule has 0 saturated carbocycles. The summed E-state index contributed by atoms with van der Waals surface area (Å²) in [4.78, 5) is 1.99. The maximum Gasteiger partial charge on any atom is 0.119 e. The highest BCUT2D eigenvalue weighted by molar-refractivity contribution is 4.83. The van der Waals surface area contributed by atoms with Gasteiger partial charge in [-0.2, -0.15) is 0 Å². The number of likely N-dealkylation sites (tertiary alicyclic amines) is 1. The largest absolute Gasteiger partial charge is 0.386 e. The molecule has 0 aromatic rings. The van der Waals surface area contributed by atoms with E-state index in [1.165, 1.54) is 0 Å². The number of nitrogens with zero attached hydrogens (tertiary/aromatic N) is 1. The van der Waals surface area contributed by atoms with Crippen LogP contribution in [-0.2, 0) is 0 Å². The van der Waals surface area contributed by atoms with Crippen molar-refractivity contribution in [3.63, 3.8) is 0 Å². The van der Waals surface area contributed by atoms with Gasteiger partial charge in [-0.25, -0.2) is 4.39 Å². The summed E-state index contributed by atoms with van der Waals surface area (Å²) in [6.45, 7) is 0.836. The van der Waals surface area contributed by atoms with E-state index in [4.69, 9.17) is 0 Å². The molecule has 66 valence electrons. The van der Waals surface area contributed by atoms with Crippen molar-refractivity contribution in [1.29, 1.82) is 0 Å². The molecule has 0 spiro atoms. The first-order chi connectivity index (χ1) is 5.16. The summed E-state index contributed by atoms with van der Waals surface area (Å²) < 4.78 is 12.3. The van der Waals surface area contributed by atoms with Crippen molar-refractivity contribution in [1.82, 2.24) is 4.90 Å². The zero-order chi connectivity index (χ0) is 8.32. The number of hydrogen-bond donors (Lipinski definition) is 1. The summed E-state index contributed by atoms with van der Waals surface area (Å²) in [5.74, 6) is 0. The van der Waals surface area contributed by atoms with Gasteiger partial charge in [-0.1, -0.05) is 0 Å². The molecule has 1 fully saturated rings. The summed E-state index contributed by atoms with van der Waals surface area (Å²) in [5.41, 5.74) is -1.06. The first-order valence-corrected chi connectivity index (χ1v) is 4.13. The van der Waals surface area contributed by atoms with E-state index in [1.807, 2.05) is 11.9 Å². The summed E-state index contributed by atoms with van der Waals surface area (Å²) >= 11 is 0. The van der Waals surface area contributed by atoms with Crippen molar-refractivity contribution in [2.75, 3.05) is 26.8 Å². The Hall–Kier alpha value is -0.150. The Balaban J connectivity index is 2.51. The molecule has 0 radical (unpaired) electrons. The van der Waals surface area contributed by atoms with Crippen LogP contribution in [0.4, 0.5) is 4.39 Å². The first kappa shape index (κ1) is 8.94. The summed E-state index contributed by atoms with van der Waals surface area (Å²) in [6.07, 6.45) is 2.61. The minimum atomic E-state index is -1.06. The molecular weight excluding hydrogens is 145 g/mol. The lowest BCUT2D eigenvalue weighted by Gasteiger charge is -2.26. The third-order valence-corrected chi connectivity index (χ3v) is 2.24. The predicted molar refractivity (Wildman–Crippen MR) is 42.3 cm³/mol. The standard InChI is InChI=1S/C8H16FNO/c1-10-5-3-2-4-8(11,6-9)7-10/h11H,2-7H2,1H3. The maximum atomic E-state index is 12.3. The number of likely N-dealkylation sites (N-methyl/N-ethyl adjacent to an activating group) is 1. The van der Waals surface area contributed by atoms with Crippen molar-refractivity contribution in [3.8, 4) is 0 Å². The molecule has 0 aliphatic carbocycles. The fraction of sp³-hybridized carbons (Fsp3) is 1.00. The highest BCUT2D eigenvalue weighted by atomic mass is 19.1. The van der Waals surface area contributed by atoms with E-state index in [2.05, 4.69) is 0 Å². The van der Waals surface area contributed by atoms with Crippen molar-refractivity contribution in [3.05, 3.63) is 0 Å². The SMILES string of the molecule is CN1CCCCC(O)(CF)C1.